The molecule has 6 nitrogen and oxygen atoms in total. The number of hydrogen-bond acceptors (Lipinski definition) is 4. The summed E-state index contributed by atoms with van der Waals surface area (Å²) in [5.74, 6) is -1.53. The Hall–Kier alpha value is -1.40. The average Bonchev–Trinajstić information content (AvgIpc) is 2.23. The second kappa shape index (κ2) is 8.87. The highest BCUT2D eigenvalue weighted by Crippen LogP contribution is 1.81. The number of rotatable bonds is 8. The summed E-state index contributed by atoms with van der Waals surface area (Å²) in [5.41, 5.74) is 0. The van der Waals surface area contributed by atoms with Gasteiger partial charge in [-0.2, -0.15) is 0 Å². The van der Waals surface area contributed by atoms with E-state index >= 15 is 0 Å². The van der Waals surface area contributed by atoms with Crippen molar-refractivity contribution < 1.29 is 19.4 Å². The Kier molecular flexibility index (Phi) is 8.10. The first-order chi connectivity index (χ1) is 7.56. The molecule has 0 aromatic rings. The van der Waals surface area contributed by atoms with E-state index in [1.807, 2.05) is 11.9 Å². The van der Waals surface area contributed by atoms with Crippen molar-refractivity contribution in [3.8, 4) is 0 Å². The van der Waals surface area contributed by atoms with Gasteiger partial charge in [0.15, 0.2) is 0 Å². The molecule has 2 N–H and O–H groups in total. The Morgan fingerprint density at radius 1 is 1.38 bits per heavy atom. The maximum Gasteiger partial charge on any atom is 0.328 e. The number of nitrogens with one attached hydrogen (secondary N) is 1. The van der Waals surface area contributed by atoms with E-state index in [-0.39, 0.29) is 0 Å². The summed E-state index contributed by atoms with van der Waals surface area (Å²) >= 11 is 0. The van der Waals surface area contributed by atoms with Gasteiger partial charge in [0, 0.05) is 38.9 Å². The molecule has 0 aliphatic carbocycles. The highest BCUT2D eigenvalue weighted by Gasteiger charge is 1.99. The lowest BCUT2D eigenvalue weighted by Crippen LogP contribution is -2.33. The molecule has 0 spiro atoms. The molecular formula is C10H18N2O4. The monoisotopic (exact) mass is 230 g/mol. The third-order valence-electron chi connectivity index (χ3n) is 1.85. The van der Waals surface area contributed by atoms with E-state index in [0.717, 1.165) is 18.7 Å². The van der Waals surface area contributed by atoms with Gasteiger partial charge in [-0.15, -0.1) is 0 Å². The second-order valence-electron chi connectivity index (χ2n) is 3.26. The Balaban J connectivity index is 3.57. The summed E-state index contributed by atoms with van der Waals surface area (Å²) in [6.07, 6.45) is 1.81. The standard InChI is InChI=1S/C10H18N2O4/c1-12(7-8-16-2)6-5-11-9(13)3-4-10(14)15/h3-4H,5-8H2,1-2H3,(H,11,13)(H,14,15). The van der Waals surface area contributed by atoms with Crippen LogP contribution in [0.2, 0.25) is 0 Å². The smallest absolute Gasteiger partial charge is 0.328 e. The number of hydrogen-bond donors (Lipinski definition) is 2. The lowest BCUT2D eigenvalue weighted by Gasteiger charge is -2.15. The van der Waals surface area contributed by atoms with Crippen LogP contribution in [0.25, 0.3) is 0 Å². The minimum Gasteiger partial charge on any atom is -0.478 e. The molecule has 16 heavy (non-hydrogen) atoms. The highest BCUT2D eigenvalue weighted by atomic mass is 16.5. The van der Waals surface area contributed by atoms with Crippen LogP contribution >= 0.6 is 0 Å². The van der Waals surface area contributed by atoms with Crippen LogP contribution < -0.4 is 5.32 Å². The van der Waals surface area contributed by atoms with Crippen LogP contribution in [-0.2, 0) is 14.3 Å². The van der Waals surface area contributed by atoms with Gasteiger partial charge in [-0.25, -0.2) is 4.79 Å². The number of nitrogens with zero attached hydrogens (tertiary/aromatic N) is 1. The summed E-state index contributed by atoms with van der Waals surface area (Å²) in [4.78, 5) is 23.2. The van der Waals surface area contributed by atoms with Gasteiger partial charge in [0.2, 0.25) is 5.91 Å². The topological polar surface area (TPSA) is 78.9 Å². The van der Waals surface area contributed by atoms with Crippen LogP contribution in [0.5, 0.6) is 0 Å². The lowest BCUT2D eigenvalue weighted by atomic mass is 10.4. The Bertz CT molecular complexity index is 253. The fraction of sp³-hybridized carbons (Fsp3) is 0.600. The number of carboxylic acids is 1. The van der Waals surface area contributed by atoms with Gasteiger partial charge in [-0.05, 0) is 7.05 Å². The summed E-state index contributed by atoms with van der Waals surface area (Å²) in [7, 11) is 3.55. The molecule has 0 rings (SSSR count). The number of carbonyl (C=O) groups excluding carboxylic acids is 1. The van der Waals surface area contributed by atoms with Crippen molar-refractivity contribution in [3.05, 3.63) is 12.2 Å². The van der Waals surface area contributed by atoms with Crippen molar-refractivity contribution in [3.63, 3.8) is 0 Å². The predicted molar refractivity (Wildman–Crippen MR) is 59.2 cm³/mol. The Morgan fingerprint density at radius 3 is 2.62 bits per heavy atom. The van der Waals surface area contributed by atoms with Crippen LogP contribution in [-0.4, -0.2) is 62.3 Å². The van der Waals surface area contributed by atoms with Gasteiger partial charge in [-0.1, -0.05) is 0 Å². The van der Waals surface area contributed by atoms with Crippen LogP contribution in [0, 0.1) is 0 Å². The maximum absolute atomic E-state index is 11.0. The third kappa shape index (κ3) is 9.17. The molecule has 0 saturated heterocycles. The van der Waals surface area contributed by atoms with E-state index in [1.54, 1.807) is 7.11 Å². The quantitative estimate of drug-likeness (QED) is 0.540. The van der Waals surface area contributed by atoms with Crippen LogP contribution in [0.1, 0.15) is 0 Å². The van der Waals surface area contributed by atoms with E-state index in [1.165, 1.54) is 0 Å². The third-order valence-corrected chi connectivity index (χ3v) is 1.85. The summed E-state index contributed by atoms with van der Waals surface area (Å²) in [5, 5.41) is 10.9. The Labute approximate surface area is 94.9 Å². The number of carboxylic acid groups (broad SMARTS) is 1. The summed E-state index contributed by atoms with van der Waals surface area (Å²) in [6, 6.07) is 0. The fourth-order valence-electron chi connectivity index (χ4n) is 0.935. The lowest BCUT2D eigenvalue weighted by molar-refractivity contribution is -0.131. The molecule has 1 amide bonds. The first-order valence-electron chi connectivity index (χ1n) is 4.92. The molecule has 92 valence electrons. The first-order valence-corrected chi connectivity index (χ1v) is 4.92. The molecule has 6 heteroatoms. The molecule has 0 unspecified atom stereocenters. The van der Waals surface area contributed by atoms with Crippen molar-refractivity contribution in [1.82, 2.24) is 10.2 Å². The molecule has 0 aliphatic rings. The molecule has 0 fully saturated rings. The molecule has 0 saturated carbocycles. The molecule has 0 radical (unpaired) electrons. The normalized spacial score (nSPS) is 10.9. The number of amides is 1. The van der Waals surface area contributed by atoms with Crippen molar-refractivity contribution in [2.24, 2.45) is 0 Å². The predicted octanol–water partition coefficient (Wildman–Crippen LogP) is -0.678. The van der Waals surface area contributed by atoms with E-state index in [0.29, 0.717) is 19.7 Å². The molecular weight excluding hydrogens is 212 g/mol. The van der Waals surface area contributed by atoms with Crippen molar-refractivity contribution >= 4 is 11.9 Å². The molecule has 0 aromatic heterocycles. The zero-order chi connectivity index (χ0) is 12.4. The van der Waals surface area contributed by atoms with Crippen LogP contribution in [0.3, 0.4) is 0 Å². The zero-order valence-electron chi connectivity index (χ0n) is 9.60. The molecule has 0 aromatic carbocycles. The maximum atomic E-state index is 11.0. The minimum atomic E-state index is -1.13. The van der Waals surface area contributed by atoms with Gasteiger partial charge in [0.05, 0.1) is 6.61 Å². The van der Waals surface area contributed by atoms with Crippen LogP contribution in [0.15, 0.2) is 12.2 Å². The number of likely N-dealkylation sites (N-methyl/N-ethyl adjacent to an activating group) is 1. The first kappa shape index (κ1) is 14.6. The van der Waals surface area contributed by atoms with Crippen LogP contribution in [0.4, 0.5) is 0 Å². The fourth-order valence-corrected chi connectivity index (χ4v) is 0.935. The number of carbonyl (C=O) groups is 2. The molecule has 0 atom stereocenters. The molecule has 0 aliphatic heterocycles. The molecule has 0 heterocycles. The van der Waals surface area contributed by atoms with E-state index in [9.17, 15) is 9.59 Å². The number of aliphatic carboxylic acids is 1. The van der Waals surface area contributed by atoms with E-state index in [2.05, 4.69) is 5.32 Å². The summed E-state index contributed by atoms with van der Waals surface area (Å²) in [6.45, 7) is 2.60. The Morgan fingerprint density at radius 2 is 2.06 bits per heavy atom. The van der Waals surface area contributed by atoms with Gasteiger partial charge >= 0.3 is 5.97 Å². The average molecular weight is 230 g/mol. The van der Waals surface area contributed by atoms with Crippen molar-refractivity contribution in [2.75, 3.05) is 40.4 Å². The van der Waals surface area contributed by atoms with E-state index < -0.39 is 11.9 Å². The van der Waals surface area contributed by atoms with Gasteiger partial charge in [0.25, 0.3) is 0 Å². The van der Waals surface area contributed by atoms with E-state index in [4.69, 9.17) is 9.84 Å². The zero-order valence-corrected chi connectivity index (χ0v) is 9.60. The second-order valence-corrected chi connectivity index (χ2v) is 3.26. The SMILES string of the molecule is COCCN(C)CCNC(=O)C=CC(=O)O. The minimum absolute atomic E-state index is 0.400. The van der Waals surface area contributed by atoms with Gasteiger partial charge in [0.1, 0.15) is 0 Å². The molecule has 0 bridgehead atoms. The number of ether oxygens (including phenoxy) is 1. The van der Waals surface area contributed by atoms with Crippen molar-refractivity contribution in [2.45, 2.75) is 0 Å². The van der Waals surface area contributed by atoms with Gasteiger partial charge < -0.3 is 20.1 Å². The summed E-state index contributed by atoms with van der Waals surface area (Å²) < 4.78 is 4.90. The van der Waals surface area contributed by atoms with Crippen molar-refractivity contribution in [1.29, 1.82) is 0 Å². The number of methoxy groups -OCH3 is 1. The largest absolute Gasteiger partial charge is 0.478 e. The van der Waals surface area contributed by atoms with Gasteiger partial charge in [-0.3, -0.25) is 4.79 Å². The highest BCUT2D eigenvalue weighted by molar-refractivity contribution is 5.93.